The number of amides is 2. The van der Waals surface area contributed by atoms with Crippen LogP contribution in [0.3, 0.4) is 0 Å². The monoisotopic (exact) mass is 356 g/mol. The first-order valence-electron chi connectivity index (χ1n) is 7.84. The van der Waals surface area contributed by atoms with Crippen LogP contribution in [-0.4, -0.2) is 30.8 Å². The molecule has 0 aliphatic heterocycles. The van der Waals surface area contributed by atoms with Gasteiger partial charge in [-0.25, -0.2) is 0 Å². The Kier molecular flexibility index (Phi) is 5.56. The molecule has 0 saturated carbocycles. The molecule has 0 spiro atoms. The average molecular weight is 356 g/mol. The lowest BCUT2D eigenvalue weighted by atomic mass is 10.1. The number of rotatable bonds is 5. The minimum Gasteiger partial charge on any atom is -0.377 e. The van der Waals surface area contributed by atoms with Crippen LogP contribution in [0.1, 0.15) is 22.8 Å². The maximum Gasteiger partial charge on any atom is 0.270 e. The Labute approximate surface area is 151 Å². The Morgan fingerprint density at radius 1 is 1.08 bits per heavy atom. The zero-order valence-electron chi connectivity index (χ0n) is 15.0. The molecule has 26 heavy (non-hydrogen) atoms. The lowest BCUT2D eigenvalue weighted by Crippen LogP contribution is -2.19. The lowest BCUT2D eigenvalue weighted by Gasteiger charge is -2.17. The summed E-state index contributed by atoms with van der Waals surface area (Å²) >= 11 is 0. The molecule has 0 aliphatic rings. The van der Waals surface area contributed by atoms with E-state index in [2.05, 4.69) is 10.6 Å². The molecule has 2 N–H and O–H groups in total. The number of nitro groups is 1. The second-order valence-electron chi connectivity index (χ2n) is 6.02. The van der Waals surface area contributed by atoms with Gasteiger partial charge in [0.05, 0.1) is 10.5 Å². The minimum atomic E-state index is -0.545. The first kappa shape index (κ1) is 18.9. The highest BCUT2D eigenvalue weighted by molar-refractivity contribution is 6.09. The molecule has 2 aromatic carbocycles. The van der Waals surface area contributed by atoms with Gasteiger partial charge < -0.3 is 15.5 Å². The highest BCUT2D eigenvalue weighted by Crippen LogP contribution is 2.26. The maximum absolute atomic E-state index is 12.7. The number of nitro benzene ring substituents is 1. The Morgan fingerprint density at radius 3 is 2.35 bits per heavy atom. The molecule has 8 heteroatoms. The molecule has 0 radical (unpaired) electrons. The Morgan fingerprint density at radius 2 is 1.77 bits per heavy atom. The maximum atomic E-state index is 12.7. The lowest BCUT2D eigenvalue weighted by molar-refractivity contribution is -0.384. The molecule has 2 rings (SSSR count). The number of benzene rings is 2. The van der Waals surface area contributed by atoms with E-state index in [0.29, 0.717) is 17.1 Å². The van der Waals surface area contributed by atoms with Gasteiger partial charge in [-0.05, 0) is 30.7 Å². The molecule has 0 saturated heterocycles. The summed E-state index contributed by atoms with van der Waals surface area (Å²) in [4.78, 5) is 36.1. The summed E-state index contributed by atoms with van der Waals surface area (Å²) in [6.45, 7) is 3.23. The number of aryl methyl sites for hydroxylation is 1. The van der Waals surface area contributed by atoms with Gasteiger partial charge in [0.15, 0.2) is 0 Å². The first-order valence-corrected chi connectivity index (χ1v) is 7.84. The molecule has 0 atom stereocenters. The van der Waals surface area contributed by atoms with Crippen LogP contribution in [0.15, 0.2) is 36.4 Å². The summed E-state index contributed by atoms with van der Waals surface area (Å²) in [5.41, 5.74) is 2.49. The summed E-state index contributed by atoms with van der Waals surface area (Å²) in [7, 11) is 3.50. The molecule has 0 aromatic heterocycles. The number of nitrogens with zero attached hydrogens (tertiary/aromatic N) is 2. The SMILES string of the molecule is CC(=O)Nc1cc(NC(=O)c2cc([N+](=O)[O-])ccc2N(C)C)ccc1C. The largest absolute Gasteiger partial charge is 0.377 e. The predicted molar refractivity (Wildman–Crippen MR) is 101 cm³/mol. The first-order chi connectivity index (χ1) is 12.2. The third-order valence-corrected chi connectivity index (χ3v) is 3.72. The molecule has 0 fully saturated rings. The van der Waals surface area contributed by atoms with Crippen molar-refractivity contribution >= 4 is 34.6 Å². The van der Waals surface area contributed by atoms with Gasteiger partial charge in [-0.2, -0.15) is 0 Å². The number of carbonyl (C=O) groups is 2. The van der Waals surface area contributed by atoms with Crippen molar-refractivity contribution in [2.75, 3.05) is 29.6 Å². The van der Waals surface area contributed by atoms with Crippen LogP contribution in [0.2, 0.25) is 0 Å². The van der Waals surface area contributed by atoms with Crippen molar-refractivity contribution in [3.63, 3.8) is 0 Å². The molecule has 0 bridgehead atoms. The molecule has 2 aromatic rings. The van der Waals surface area contributed by atoms with E-state index in [1.54, 1.807) is 37.2 Å². The van der Waals surface area contributed by atoms with Crippen molar-refractivity contribution in [3.05, 3.63) is 57.6 Å². The summed E-state index contributed by atoms with van der Waals surface area (Å²) in [6.07, 6.45) is 0. The van der Waals surface area contributed by atoms with E-state index in [-0.39, 0.29) is 17.2 Å². The third kappa shape index (κ3) is 4.35. The quantitative estimate of drug-likeness (QED) is 0.632. The van der Waals surface area contributed by atoms with E-state index < -0.39 is 10.8 Å². The van der Waals surface area contributed by atoms with Gasteiger partial charge in [0.2, 0.25) is 5.91 Å². The van der Waals surface area contributed by atoms with Crippen LogP contribution < -0.4 is 15.5 Å². The van der Waals surface area contributed by atoms with E-state index in [0.717, 1.165) is 5.56 Å². The summed E-state index contributed by atoms with van der Waals surface area (Å²) in [5.74, 6) is -0.694. The number of hydrogen-bond acceptors (Lipinski definition) is 5. The average Bonchev–Trinajstić information content (AvgIpc) is 2.56. The Balaban J connectivity index is 2.36. The van der Waals surface area contributed by atoms with E-state index >= 15 is 0 Å². The molecular formula is C18H20N4O4. The topological polar surface area (TPSA) is 105 Å². The number of anilines is 3. The van der Waals surface area contributed by atoms with E-state index in [9.17, 15) is 19.7 Å². The zero-order valence-corrected chi connectivity index (χ0v) is 15.0. The third-order valence-electron chi connectivity index (χ3n) is 3.72. The smallest absolute Gasteiger partial charge is 0.270 e. The molecule has 0 heterocycles. The molecule has 0 unspecified atom stereocenters. The van der Waals surface area contributed by atoms with Crippen LogP contribution >= 0.6 is 0 Å². The van der Waals surface area contributed by atoms with E-state index in [4.69, 9.17) is 0 Å². The molecular weight excluding hydrogens is 336 g/mol. The van der Waals surface area contributed by atoms with E-state index in [1.807, 2.05) is 6.92 Å². The van der Waals surface area contributed by atoms with Crippen LogP contribution in [0.25, 0.3) is 0 Å². The predicted octanol–water partition coefficient (Wildman–Crippen LogP) is 3.18. The molecule has 8 nitrogen and oxygen atoms in total. The van der Waals surface area contributed by atoms with E-state index in [1.165, 1.54) is 25.1 Å². The fourth-order valence-corrected chi connectivity index (χ4v) is 2.43. The standard InChI is InChI=1S/C18H20N4O4/c1-11-5-6-13(9-16(11)19-12(2)23)20-18(24)15-10-14(22(25)26)7-8-17(15)21(3)4/h5-10H,1-4H3,(H,19,23)(H,20,24). The van der Waals surface area contributed by atoms with Gasteiger partial charge in [0.25, 0.3) is 11.6 Å². The van der Waals surface area contributed by atoms with Crippen molar-refractivity contribution in [1.29, 1.82) is 0 Å². The van der Waals surface area contributed by atoms with Crippen molar-refractivity contribution in [1.82, 2.24) is 0 Å². The van der Waals surface area contributed by atoms with Gasteiger partial charge in [0.1, 0.15) is 0 Å². The Hall–Kier alpha value is -3.42. The fraction of sp³-hybridized carbons (Fsp3) is 0.222. The van der Waals surface area contributed by atoms with Crippen molar-refractivity contribution < 1.29 is 14.5 Å². The van der Waals surface area contributed by atoms with Crippen LogP contribution in [0, 0.1) is 17.0 Å². The van der Waals surface area contributed by atoms with Crippen molar-refractivity contribution in [3.8, 4) is 0 Å². The molecule has 136 valence electrons. The summed E-state index contributed by atoms with van der Waals surface area (Å²) in [5, 5.41) is 16.4. The number of hydrogen-bond donors (Lipinski definition) is 2. The normalized spacial score (nSPS) is 10.2. The highest BCUT2D eigenvalue weighted by atomic mass is 16.6. The molecule has 0 aliphatic carbocycles. The number of carbonyl (C=O) groups excluding carboxylic acids is 2. The zero-order chi connectivity index (χ0) is 19.4. The molecule has 2 amide bonds. The second kappa shape index (κ2) is 7.64. The van der Waals surface area contributed by atoms with Gasteiger partial charge in [-0.3, -0.25) is 19.7 Å². The van der Waals surface area contributed by atoms with Crippen LogP contribution in [0.5, 0.6) is 0 Å². The van der Waals surface area contributed by atoms with Gasteiger partial charge in [-0.15, -0.1) is 0 Å². The van der Waals surface area contributed by atoms with Crippen molar-refractivity contribution in [2.45, 2.75) is 13.8 Å². The van der Waals surface area contributed by atoms with Crippen LogP contribution in [-0.2, 0) is 4.79 Å². The second-order valence-corrected chi connectivity index (χ2v) is 6.02. The Bertz CT molecular complexity index is 877. The summed E-state index contributed by atoms with van der Waals surface area (Å²) in [6, 6.07) is 9.24. The minimum absolute atomic E-state index is 0.163. The van der Waals surface area contributed by atoms with Gasteiger partial charge >= 0.3 is 0 Å². The number of non-ortho nitro benzene ring substituents is 1. The van der Waals surface area contributed by atoms with Gasteiger partial charge in [-0.1, -0.05) is 6.07 Å². The summed E-state index contributed by atoms with van der Waals surface area (Å²) < 4.78 is 0. The van der Waals surface area contributed by atoms with Crippen molar-refractivity contribution in [2.24, 2.45) is 0 Å². The van der Waals surface area contributed by atoms with Gasteiger partial charge in [0, 0.05) is 50.2 Å². The fourth-order valence-electron chi connectivity index (χ4n) is 2.43. The number of nitrogens with one attached hydrogen (secondary N) is 2. The van der Waals surface area contributed by atoms with Crippen LogP contribution in [0.4, 0.5) is 22.7 Å². The highest BCUT2D eigenvalue weighted by Gasteiger charge is 2.18.